The van der Waals surface area contributed by atoms with Gasteiger partial charge in [0.15, 0.2) is 0 Å². The number of rotatable bonds is 16. The van der Waals surface area contributed by atoms with E-state index in [-0.39, 0.29) is 34.1 Å². The number of aliphatic carboxylic acids is 4. The van der Waals surface area contributed by atoms with Gasteiger partial charge in [-0.05, 0) is 44.9 Å². The number of unbranched alkanes of at least 4 members (excludes halogenated alkanes) is 8. The van der Waals surface area contributed by atoms with Crippen LogP contribution >= 0.6 is 0 Å². The number of carboxylic acids is 4. The molecular formula is C18H29BO8. The van der Waals surface area contributed by atoms with Crippen molar-refractivity contribution in [3.63, 3.8) is 0 Å². The van der Waals surface area contributed by atoms with Crippen LogP contribution in [0.4, 0.5) is 0 Å². The number of hydrogen-bond acceptors (Lipinski definition) is 7. The standard InChI is InChI=1S/2C9H16O4.B/c2*10-8(11)6-4-2-1-3-5-7-9(12)13;/h2*1-7H2,(H,10,11)(H,12,13);/q;;+3/p-3. The Balaban J connectivity index is -0.000000411. The summed E-state index contributed by atoms with van der Waals surface area (Å²) in [6.45, 7) is 0. The largest absolute Gasteiger partial charge is 3.00 e. The molecule has 0 aromatic heterocycles. The van der Waals surface area contributed by atoms with E-state index in [1.165, 1.54) is 0 Å². The zero-order valence-corrected chi connectivity index (χ0v) is 15.8. The fourth-order valence-electron chi connectivity index (χ4n) is 2.14. The van der Waals surface area contributed by atoms with Gasteiger partial charge in [-0.15, -0.1) is 0 Å². The van der Waals surface area contributed by atoms with Gasteiger partial charge >= 0.3 is 14.4 Å². The second-order valence-corrected chi connectivity index (χ2v) is 6.05. The first-order valence-corrected chi connectivity index (χ1v) is 9.07. The molecule has 0 amide bonds. The van der Waals surface area contributed by atoms with E-state index in [2.05, 4.69) is 0 Å². The van der Waals surface area contributed by atoms with E-state index in [1.807, 2.05) is 0 Å². The molecule has 0 bridgehead atoms. The Hall–Kier alpha value is -2.06. The van der Waals surface area contributed by atoms with Crippen LogP contribution in [-0.4, -0.2) is 37.4 Å². The first-order chi connectivity index (χ1) is 12.3. The fourth-order valence-corrected chi connectivity index (χ4v) is 2.14. The van der Waals surface area contributed by atoms with Gasteiger partial charge in [0.25, 0.3) is 0 Å². The molecule has 0 rings (SSSR count). The van der Waals surface area contributed by atoms with Gasteiger partial charge in [0.05, 0.1) is 0 Å². The molecule has 9 heteroatoms. The zero-order chi connectivity index (χ0) is 20.2. The van der Waals surface area contributed by atoms with Crippen LogP contribution in [-0.2, 0) is 19.2 Å². The van der Waals surface area contributed by atoms with Crippen molar-refractivity contribution in [2.45, 2.75) is 89.9 Å². The quantitative estimate of drug-likeness (QED) is 0.273. The maximum atomic E-state index is 10.1. The van der Waals surface area contributed by atoms with Crippen LogP contribution in [0.5, 0.6) is 0 Å². The summed E-state index contributed by atoms with van der Waals surface area (Å²) >= 11 is 0. The van der Waals surface area contributed by atoms with Crippen molar-refractivity contribution in [3.05, 3.63) is 0 Å². The van der Waals surface area contributed by atoms with Crippen LogP contribution in [0.25, 0.3) is 0 Å². The van der Waals surface area contributed by atoms with Gasteiger partial charge in [-0.1, -0.05) is 38.5 Å². The van der Waals surface area contributed by atoms with Gasteiger partial charge < -0.3 is 34.8 Å². The summed E-state index contributed by atoms with van der Waals surface area (Å²) < 4.78 is 0. The molecule has 8 nitrogen and oxygen atoms in total. The van der Waals surface area contributed by atoms with E-state index in [9.17, 15) is 34.5 Å². The summed E-state index contributed by atoms with van der Waals surface area (Å²) in [4.78, 5) is 40.0. The minimum Gasteiger partial charge on any atom is -0.550 e. The van der Waals surface area contributed by atoms with Crippen molar-refractivity contribution in [1.82, 2.24) is 0 Å². The maximum Gasteiger partial charge on any atom is 3.00 e. The first-order valence-electron chi connectivity index (χ1n) is 9.07. The average Bonchev–Trinajstić information content (AvgIpc) is 2.52. The maximum absolute atomic E-state index is 10.1. The molecule has 0 aromatic rings. The van der Waals surface area contributed by atoms with Crippen molar-refractivity contribution >= 4 is 32.3 Å². The number of carbonyl (C=O) groups is 4. The molecule has 0 atom stereocenters. The Kier molecular flexibility index (Phi) is 24.2. The summed E-state index contributed by atoms with van der Waals surface area (Å²) in [5, 5.41) is 38.3. The molecule has 1 N–H and O–H groups in total. The molecular weight excluding hydrogens is 355 g/mol. The summed E-state index contributed by atoms with van der Waals surface area (Å²) in [6.07, 6.45) is 8.19. The Labute approximate surface area is 162 Å². The van der Waals surface area contributed by atoms with Crippen LogP contribution in [0.3, 0.4) is 0 Å². The van der Waals surface area contributed by atoms with Crippen molar-refractivity contribution in [1.29, 1.82) is 0 Å². The Morgan fingerprint density at radius 3 is 0.926 bits per heavy atom. The van der Waals surface area contributed by atoms with Gasteiger partial charge in [-0.2, -0.15) is 0 Å². The molecule has 0 aliphatic carbocycles. The molecule has 152 valence electrons. The molecule has 0 fully saturated rings. The van der Waals surface area contributed by atoms with Crippen molar-refractivity contribution in [2.24, 2.45) is 0 Å². The van der Waals surface area contributed by atoms with Crippen LogP contribution in [0, 0.1) is 0 Å². The third kappa shape index (κ3) is 35.8. The average molecular weight is 384 g/mol. The third-order valence-electron chi connectivity index (χ3n) is 3.53. The molecule has 0 radical (unpaired) electrons. The summed E-state index contributed by atoms with van der Waals surface area (Å²) in [5.41, 5.74) is 0. The van der Waals surface area contributed by atoms with Crippen LogP contribution in [0.15, 0.2) is 0 Å². The molecule has 0 saturated heterocycles. The van der Waals surface area contributed by atoms with E-state index >= 15 is 0 Å². The minimum atomic E-state index is -1.02. The molecule has 0 unspecified atom stereocenters. The van der Waals surface area contributed by atoms with Gasteiger partial charge in [0.1, 0.15) is 0 Å². The Morgan fingerprint density at radius 1 is 0.481 bits per heavy atom. The summed E-state index contributed by atoms with van der Waals surface area (Å²) in [7, 11) is 0. The SMILES string of the molecule is O=C([O-])CCCCCCCC(=O)O.O=C([O-])CCCCCCCC(=O)[O-].[B+3]. The molecule has 0 spiro atoms. The second kappa shape index (κ2) is 22.0. The Morgan fingerprint density at radius 2 is 0.704 bits per heavy atom. The molecule has 0 saturated carbocycles. The van der Waals surface area contributed by atoms with E-state index in [0.717, 1.165) is 38.5 Å². The monoisotopic (exact) mass is 384 g/mol. The van der Waals surface area contributed by atoms with Crippen LogP contribution < -0.4 is 15.3 Å². The predicted molar refractivity (Wildman–Crippen MR) is 93.0 cm³/mol. The van der Waals surface area contributed by atoms with Gasteiger partial charge in [-0.25, -0.2) is 0 Å². The molecule has 0 heterocycles. The van der Waals surface area contributed by atoms with Crippen LogP contribution in [0.2, 0.25) is 0 Å². The second-order valence-electron chi connectivity index (χ2n) is 6.05. The minimum absolute atomic E-state index is 0. The van der Waals surface area contributed by atoms with Crippen molar-refractivity contribution in [2.75, 3.05) is 0 Å². The van der Waals surface area contributed by atoms with E-state index in [0.29, 0.717) is 25.7 Å². The number of hydrogen-bond donors (Lipinski definition) is 1. The molecule has 27 heavy (non-hydrogen) atoms. The summed E-state index contributed by atoms with van der Waals surface area (Å²) in [6, 6.07) is 0. The van der Waals surface area contributed by atoms with E-state index < -0.39 is 23.9 Å². The summed E-state index contributed by atoms with van der Waals surface area (Å²) in [5.74, 6) is -3.82. The zero-order valence-electron chi connectivity index (χ0n) is 15.8. The number of carboxylic acid groups (broad SMARTS) is 4. The van der Waals surface area contributed by atoms with Gasteiger partial charge in [0, 0.05) is 24.3 Å². The van der Waals surface area contributed by atoms with Gasteiger partial charge in [-0.3, -0.25) is 4.79 Å². The topological polar surface area (TPSA) is 158 Å². The van der Waals surface area contributed by atoms with E-state index in [4.69, 9.17) is 5.11 Å². The molecule has 0 aromatic carbocycles. The first kappa shape index (κ1) is 29.7. The van der Waals surface area contributed by atoms with Crippen molar-refractivity contribution < 1.29 is 39.6 Å². The molecule has 0 aliphatic rings. The Bertz CT molecular complexity index is 338. The predicted octanol–water partition coefficient (Wildman–Crippen LogP) is -0.612. The molecule has 0 aliphatic heterocycles. The third-order valence-corrected chi connectivity index (χ3v) is 3.53. The smallest absolute Gasteiger partial charge is 0.550 e. The van der Waals surface area contributed by atoms with Gasteiger partial charge in [0.2, 0.25) is 0 Å². The van der Waals surface area contributed by atoms with Crippen molar-refractivity contribution in [3.8, 4) is 0 Å². The number of carbonyl (C=O) groups excluding carboxylic acids is 3. The van der Waals surface area contributed by atoms with E-state index in [1.54, 1.807) is 0 Å². The fraction of sp³-hybridized carbons (Fsp3) is 0.778. The van der Waals surface area contributed by atoms with Crippen LogP contribution in [0.1, 0.15) is 89.9 Å². The normalized spacial score (nSPS) is 9.48.